The number of hydrazine groups is 1. The van der Waals surface area contributed by atoms with Crippen LogP contribution in [-0.2, 0) is 19.6 Å². The first-order chi connectivity index (χ1) is 13.0. The predicted molar refractivity (Wildman–Crippen MR) is 105 cm³/mol. The number of fused-ring (bicyclic) bond motifs is 1. The Hall–Kier alpha value is -1.41. The van der Waals surface area contributed by atoms with Gasteiger partial charge in [0.2, 0.25) is 15.9 Å². The van der Waals surface area contributed by atoms with Gasteiger partial charge in [0.15, 0.2) is 0 Å². The van der Waals surface area contributed by atoms with Crippen LogP contribution in [0.3, 0.4) is 0 Å². The fourth-order valence-electron chi connectivity index (χ4n) is 6.61. The molecule has 2 saturated carbocycles. The molecular formula is C20H31N3O4S. The van der Waals surface area contributed by atoms with E-state index in [1.54, 1.807) is 6.08 Å². The summed E-state index contributed by atoms with van der Waals surface area (Å²) in [4.78, 5) is 25.9. The van der Waals surface area contributed by atoms with Gasteiger partial charge >= 0.3 is 0 Å². The van der Waals surface area contributed by atoms with Crippen molar-refractivity contribution in [2.75, 3.05) is 5.75 Å². The molecule has 4 aliphatic rings. The molecule has 2 bridgehead atoms. The summed E-state index contributed by atoms with van der Waals surface area (Å²) in [5, 5.41) is 1.33. The first kappa shape index (κ1) is 19.9. The number of nitrogens with zero attached hydrogens (tertiary/aromatic N) is 2. The molecule has 7 nitrogen and oxygen atoms in total. The highest BCUT2D eigenvalue weighted by Gasteiger charge is 2.73. The molecule has 0 aromatic heterocycles. The second-order valence-electron chi connectivity index (χ2n) is 9.71. The summed E-state index contributed by atoms with van der Waals surface area (Å²) in [7, 11) is -3.70. The lowest BCUT2D eigenvalue weighted by Gasteiger charge is -2.38. The van der Waals surface area contributed by atoms with Gasteiger partial charge in [-0.05, 0) is 37.0 Å². The SMILES string of the molecule is C=CC[C@@H]1NN(C(C)=O)[C@H](C(=O)N2[C@H]3C[C@@H]4CC[C@@]3(CS2(=O)=O)C4(C)C)[C@H]1C. The third-order valence-electron chi connectivity index (χ3n) is 8.36. The molecule has 0 aromatic rings. The van der Waals surface area contributed by atoms with Gasteiger partial charge in [-0.15, -0.1) is 6.58 Å². The molecular weight excluding hydrogens is 378 g/mol. The molecule has 1 spiro atoms. The number of hydrogen-bond donors (Lipinski definition) is 1. The van der Waals surface area contributed by atoms with E-state index in [1.165, 1.54) is 16.2 Å². The standard InChI is InChI=1S/C20H31N3O4S/c1-6-7-15-12(2)17(22(21-15)13(3)24)18(25)23-16-10-14-8-9-20(16,19(14,4)5)11-28(23,26)27/h6,12,14-17,21H,1,7-11H2,2-5H3/t12-,14-,15-,16-,17-,20-/m0/s1. The van der Waals surface area contributed by atoms with E-state index in [-0.39, 0.29) is 40.5 Å². The molecule has 4 rings (SSSR count). The highest BCUT2D eigenvalue weighted by molar-refractivity contribution is 7.90. The maximum Gasteiger partial charge on any atom is 0.261 e. The van der Waals surface area contributed by atoms with Gasteiger partial charge in [-0.2, -0.15) is 0 Å². The fourth-order valence-corrected chi connectivity index (χ4v) is 9.17. The van der Waals surface area contributed by atoms with Crippen molar-refractivity contribution in [2.45, 2.75) is 71.5 Å². The van der Waals surface area contributed by atoms with Crippen LogP contribution >= 0.6 is 0 Å². The van der Waals surface area contributed by atoms with Crippen LogP contribution < -0.4 is 5.43 Å². The Bertz CT molecular complexity index is 838. The molecule has 2 aliphatic heterocycles. The highest BCUT2D eigenvalue weighted by Crippen LogP contribution is 2.70. The van der Waals surface area contributed by atoms with E-state index in [0.29, 0.717) is 12.3 Å². The lowest BCUT2D eigenvalue weighted by Crippen LogP contribution is -2.54. The summed E-state index contributed by atoms with van der Waals surface area (Å²) >= 11 is 0. The van der Waals surface area contributed by atoms with Crippen molar-refractivity contribution >= 4 is 21.8 Å². The summed E-state index contributed by atoms with van der Waals surface area (Å²) in [5.74, 6) is -0.444. The van der Waals surface area contributed by atoms with Crippen molar-refractivity contribution in [1.29, 1.82) is 0 Å². The third-order valence-corrected chi connectivity index (χ3v) is 10.3. The molecule has 8 heteroatoms. The van der Waals surface area contributed by atoms with Gasteiger partial charge in [0.1, 0.15) is 6.04 Å². The number of sulfonamides is 1. The maximum absolute atomic E-state index is 13.7. The van der Waals surface area contributed by atoms with E-state index in [1.807, 2.05) is 6.92 Å². The molecule has 1 N–H and O–H groups in total. The fraction of sp³-hybridized carbons (Fsp3) is 0.800. The Balaban J connectivity index is 1.71. The molecule has 6 atom stereocenters. The first-order valence-electron chi connectivity index (χ1n) is 10.2. The van der Waals surface area contributed by atoms with E-state index in [0.717, 1.165) is 19.3 Å². The van der Waals surface area contributed by atoms with Crippen molar-refractivity contribution in [3.05, 3.63) is 12.7 Å². The highest BCUT2D eigenvalue weighted by atomic mass is 32.2. The van der Waals surface area contributed by atoms with Crippen molar-refractivity contribution in [3.63, 3.8) is 0 Å². The Kier molecular flexibility index (Phi) is 4.29. The molecule has 156 valence electrons. The Morgan fingerprint density at radius 3 is 2.57 bits per heavy atom. The van der Waals surface area contributed by atoms with Gasteiger partial charge in [-0.25, -0.2) is 18.1 Å². The van der Waals surface area contributed by atoms with Crippen molar-refractivity contribution in [3.8, 4) is 0 Å². The van der Waals surface area contributed by atoms with Gasteiger partial charge in [-0.1, -0.05) is 26.8 Å². The lowest BCUT2D eigenvalue weighted by atomic mass is 9.69. The number of carbonyl (C=O) groups is 2. The normalized spacial score (nSPS) is 42.6. The van der Waals surface area contributed by atoms with Crippen molar-refractivity contribution in [1.82, 2.24) is 14.7 Å². The molecule has 2 amide bonds. The molecule has 2 saturated heterocycles. The molecule has 28 heavy (non-hydrogen) atoms. The Morgan fingerprint density at radius 2 is 2.00 bits per heavy atom. The van der Waals surface area contributed by atoms with E-state index >= 15 is 0 Å². The monoisotopic (exact) mass is 409 g/mol. The average molecular weight is 410 g/mol. The minimum absolute atomic E-state index is 0.0462. The molecule has 0 radical (unpaired) electrons. The second-order valence-corrected chi connectivity index (χ2v) is 11.6. The largest absolute Gasteiger partial charge is 0.274 e. The van der Waals surface area contributed by atoms with Crippen LogP contribution in [0.2, 0.25) is 0 Å². The van der Waals surface area contributed by atoms with E-state index in [2.05, 4.69) is 25.9 Å². The smallest absolute Gasteiger partial charge is 0.261 e. The zero-order valence-electron chi connectivity index (χ0n) is 17.1. The van der Waals surface area contributed by atoms with Gasteiger partial charge in [0, 0.05) is 24.3 Å². The summed E-state index contributed by atoms with van der Waals surface area (Å²) in [6.07, 6.45) is 4.97. The topological polar surface area (TPSA) is 86.8 Å². The van der Waals surface area contributed by atoms with Gasteiger partial charge < -0.3 is 0 Å². The van der Waals surface area contributed by atoms with Crippen LogP contribution in [0.4, 0.5) is 0 Å². The van der Waals surface area contributed by atoms with Gasteiger partial charge in [-0.3, -0.25) is 14.6 Å². The average Bonchev–Trinajstić information content (AvgIpc) is 3.19. The number of rotatable bonds is 3. The number of amides is 2. The molecule has 0 aromatic carbocycles. The summed E-state index contributed by atoms with van der Waals surface area (Å²) < 4.78 is 27.6. The van der Waals surface area contributed by atoms with Crippen LogP contribution in [0.5, 0.6) is 0 Å². The van der Waals surface area contributed by atoms with Crippen molar-refractivity contribution < 1.29 is 18.0 Å². The quantitative estimate of drug-likeness (QED) is 0.717. The summed E-state index contributed by atoms with van der Waals surface area (Å²) in [6, 6.07) is -1.21. The van der Waals surface area contributed by atoms with Crippen LogP contribution in [0.15, 0.2) is 12.7 Å². The van der Waals surface area contributed by atoms with Gasteiger partial charge in [0.25, 0.3) is 5.91 Å². The molecule has 4 fully saturated rings. The number of nitrogens with one attached hydrogen (secondary N) is 1. The van der Waals surface area contributed by atoms with E-state index in [9.17, 15) is 18.0 Å². The van der Waals surface area contributed by atoms with E-state index < -0.39 is 22.0 Å². The van der Waals surface area contributed by atoms with Crippen LogP contribution in [-0.4, -0.2) is 53.4 Å². The predicted octanol–water partition coefficient (Wildman–Crippen LogP) is 1.67. The molecule has 0 unspecified atom stereocenters. The molecule has 2 aliphatic carbocycles. The molecule has 2 heterocycles. The van der Waals surface area contributed by atoms with E-state index in [4.69, 9.17) is 0 Å². The zero-order valence-corrected chi connectivity index (χ0v) is 18.0. The lowest BCUT2D eigenvalue weighted by molar-refractivity contribution is -0.144. The maximum atomic E-state index is 13.7. The van der Waals surface area contributed by atoms with Crippen LogP contribution in [0.1, 0.15) is 53.4 Å². The summed E-state index contributed by atoms with van der Waals surface area (Å²) in [6.45, 7) is 11.4. The van der Waals surface area contributed by atoms with Crippen molar-refractivity contribution in [2.24, 2.45) is 22.7 Å². The Morgan fingerprint density at radius 1 is 1.32 bits per heavy atom. The second kappa shape index (κ2) is 6.05. The zero-order chi connectivity index (χ0) is 20.6. The minimum atomic E-state index is -3.70. The number of carbonyl (C=O) groups excluding carboxylic acids is 2. The Labute approximate surface area is 167 Å². The van der Waals surface area contributed by atoms with Gasteiger partial charge in [0.05, 0.1) is 11.8 Å². The van der Waals surface area contributed by atoms with Crippen LogP contribution in [0.25, 0.3) is 0 Å². The first-order valence-corrected chi connectivity index (χ1v) is 11.8. The number of hydrogen-bond acceptors (Lipinski definition) is 5. The minimum Gasteiger partial charge on any atom is -0.274 e. The third kappa shape index (κ3) is 2.33. The van der Waals surface area contributed by atoms with Crippen LogP contribution in [0, 0.1) is 22.7 Å². The summed E-state index contributed by atoms with van der Waals surface area (Å²) in [5.41, 5.74) is 2.65.